The lowest BCUT2D eigenvalue weighted by Crippen LogP contribution is -2.25. The Morgan fingerprint density at radius 2 is 1.45 bits per heavy atom. The van der Waals surface area contributed by atoms with Crippen LogP contribution < -0.4 is 4.74 Å². The fraction of sp³-hybridized carbons (Fsp3) is 0.519. The number of hydrogen-bond donors (Lipinski definition) is 0. The number of benzene rings is 2. The number of ether oxygens (including phenoxy) is 2. The Morgan fingerprint density at radius 3 is 2.00 bits per heavy atom. The molecule has 2 heteroatoms. The second-order valence-corrected chi connectivity index (χ2v) is 10.1. The Bertz CT molecular complexity index is 708. The van der Waals surface area contributed by atoms with E-state index >= 15 is 0 Å². The van der Waals surface area contributed by atoms with E-state index in [2.05, 4.69) is 97.0 Å². The maximum absolute atomic E-state index is 6.10. The molecule has 0 heterocycles. The van der Waals surface area contributed by atoms with Crippen LogP contribution in [0.3, 0.4) is 0 Å². The zero-order chi connectivity index (χ0) is 21.5. The summed E-state index contributed by atoms with van der Waals surface area (Å²) in [5, 5.41) is 0. The molecule has 1 atom stereocenters. The van der Waals surface area contributed by atoms with Gasteiger partial charge in [-0.25, -0.2) is 0 Å². The van der Waals surface area contributed by atoms with E-state index in [9.17, 15) is 0 Å². The van der Waals surface area contributed by atoms with Crippen molar-refractivity contribution in [2.45, 2.75) is 72.8 Å². The third kappa shape index (κ3) is 8.22. The molecule has 0 N–H and O–H groups in total. The van der Waals surface area contributed by atoms with E-state index in [4.69, 9.17) is 9.47 Å². The van der Waals surface area contributed by atoms with E-state index in [0.717, 1.165) is 18.6 Å². The second kappa shape index (κ2) is 10.3. The third-order valence-electron chi connectivity index (χ3n) is 5.19. The molecule has 2 aromatic carbocycles. The van der Waals surface area contributed by atoms with Crippen LogP contribution in [0.4, 0.5) is 0 Å². The molecule has 1 radical (unpaired) electrons. The van der Waals surface area contributed by atoms with Crippen LogP contribution in [-0.2, 0) is 16.6 Å². The zero-order valence-corrected chi connectivity index (χ0v) is 19.4. The highest BCUT2D eigenvalue weighted by molar-refractivity contribution is 5.31. The van der Waals surface area contributed by atoms with Gasteiger partial charge in [-0.1, -0.05) is 90.9 Å². The molecule has 2 nitrogen and oxygen atoms in total. The van der Waals surface area contributed by atoms with Crippen LogP contribution in [0.2, 0.25) is 0 Å². The fourth-order valence-electron chi connectivity index (χ4n) is 4.04. The van der Waals surface area contributed by atoms with Gasteiger partial charge in [0, 0.05) is 0 Å². The zero-order valence-electron chi connectivity index (χ0n) is 19.4. The van der Waals surface area contributed by atoms with Crippen LogP contribution in [0, 0.1) is 11.3 Å². The fourth-order valence-corrected chi connectivity index (χ4v) is 4.04. The van der Waals surface area contributed by atoms with Gasteiger partial charge >= 0.3 is 0 Å². The highest BCUT2D eigenvalue weighted by Gasteiger charge is 2.27. The first kappa shape index (κ1) is 23.5. The summed E-state index contributed by atoms with van der Waals surface area (Å²) in [6.45, 7) is 16.9. The minimum absolute atomic E-state index is 0.126. The van der Waals surface area contributed by atoms with Crippen molar-refractivity contribution in [2.24, 2.45) is 5.41 Å². The maximum atomic E-state index is 6.10. The standard InChI is InChI=1S/C27H39O2/c1-21(2)25(19-22-11-9-8-10-12-22)29-18-17-28-24-15-13-23(14-16-24)27(6,7)20-26(3,4)5/h8-16,25H,17-20H2,1-7H3. The van der Waals surface area contributed by atoms with Crippen LogP contribution in [-0.4, -0.2) is 19.3 Å². The molecule has 0 aliphatic carbocycles. The van der Waals surface area contributed by atoms with Crippen molar-refractivity contribution >= 4 is 0 Å². The predicted octanol–water partition coefficient (Wildman–Crippen LogP) is 7.02. The summed E-state index contributed by atoms with van der Waals surface area (Å²) in [5.41, 5.74) is 3.11. The average Bonchev–Trinajstić information content (AvgIpc) is 2.63. The highest BCUT2D eigenvalue weighted by Crippen LogP contribution is 2.36. The molecular formula is C27H39O2. The van der Waals surface area contributed by atoms with Crippen molar-refractivity contribution in [2.75, 3.05) is 13.2 Å². The number of hydrogen-bond acceptors (Lipinski definition) is 2. The van der Waals surface area contributed by atoms with Gasteiger partial charge in [-0.3, -0.25) is 0 Å². The lowest BCUT2D eigenvalue weighted by atomic mass is 9.72. The van der Waals surface area contributed by atoms with Gasteiger partial charge in [-0.05, 0) is 52.8 Å². The molecule has 29 heavy (non-hydrogen) atoms. The minimum Gasteiger partial charge on any atom is -0.491 e. The molecule has 2 rings (SSSR count). The first-order valence-corrected chi connectivity index (χ1v) is 10.8. The molecule has 0 bridgehead atoms. The summed E-state index contributed by atoms with van der Waals surface area (Å²) in [6, 6.07) is 19.1. The molecule has 0 fully saturated rings. The third-order valence-corrected chi connectivity index (χ3v) is 5.19. The van der Waals surface area contributed by atoms with Gasteiger partial charge in [-0.15, -0.1) is 0 Å². The Kier molecular flexibility index (Phi) is 8.34. The van der Waals surface area contributed by atoms with Crippen molar-refractivity contribution in [3.8, 4) is 5.75 Å². The summed E-state index contributed by atoms with van der Waals surface area (Å²) < 4.78 is 12.0. The summed E-state index contributed by atoms with van der Waals surface area (Å²) in [4.78, 5) is 0. The van der Waals surface area contributed by atoms with Crippen LogP contribution in [0.1, 0.15) is 66.0 Å². The van der Waals surface area contributed by atoms with E-state index in [1.165, 1.54) is 17.0 Å². The van der Waals surface area contributed by atoms with E-state index in [0.29, 0.717) is 18.6 Å². The lowest BCUT2D eigenvalue weighted by Gasteiger charge is -2.33. The molecule has 0 aromatic heterocycles. The normalized spacial score (nSPS) is 13.5. The first-order valence-electron chi connectivity index (χ1n) is 10.8. The van der Waals surface area contributed by atoms with Gasteiger partial charge in [0.25, 0.3) is 0 Å². The molecular weight excluding hydrogens is 356 g/mol. The van der Waals surface area contributed by atoms with E-state index in [1.54, 1.807) is 0 Å². The van der Waals surface area contributed by atoms with Crippen LogP contribution in [0.15, 0.2) is 54.6 Å². The predicted molar refractivity (Wildman–Crippen MR) is 124 cm³/mol. The van der Waals surface area contributed by atoms with Gasteiger partial charge in [0.05, 0.1) is 12.7 Å². The van der Waals surface area contributed by atoms with Crippen molar-refractivity contribution in [1.82, 2.24) is 0 Å². The molecule has 1 unspecified atom stereocenters. The summed E-state index contributed by atoms with van der Waals surface area (Å²) in [5.74, 6) is 2.19. The molecule has 159 valence electrons. The van der Waals surface area contributed by atoms with Gasteiger partial charge in [-0.2, -0.15) is 0 Å². The molecule has 2 aromatic rings. The molecule has 0 spiro atoms. The lowest BCUT2D eigenvalue weighted by molar-refractivity contribution is 0.0429. The van der Waals surface area contributed by atoms with Gasteiger partial charge in [0.1, 0.15) is 12.4 Å². The molecule has 0 saturated heterocycles. The smallest absolute Gasteiger partial charge is 0.119 e. The molecule has 0 amide bonds. The van der Waals surface area contributed by atoms with Crippen LogP contribution >= 0.6 is 0 Å². The Labute approximate surface area is 178 Å². The van der Waals surface area contributed by atoms with Gasteiger partial charge in [0.15, 0.2) is 0 Å². The van der Waals surface area contributed by atoms with E-state index in [1.807, 2.05) is 6.07 Å². The number of rotatable bonds is 10. The van der Waals surface area contributed by atoms with Crippen LogP contribution in [0.5, 0.6) is 5.75 Å². The monoisotopic (exact) mass is 395 g/mol. The molecule has 0 aliphatic rings. The van der Waals surface area contributed by atoms with Crippen molar-refractivity contribution in [3.63, 3.8) is 0 Å². The summed E-state index contributed by atoms with van der Waals surface area (Å²) in [7, 11) is 0. The van der Waals surface area contributed by atoms with E-state index in [-0.39, 0.29) is 11.5 Å². The molecule has 0 saturated carbocycles. The summed E-state index contributed by atoms with van der Waals surface area (Å²) >= 11 is 0. The average molecular weight is 396 g/mol. The quantitative estimate of drug-likeness (QED) is 0.402. The van der Waals surface area contributed by atoms with E-state index < -0.39 is 0 Å². The largest absolute Gasteiger partial charge is 0.491 e. The Morgan fingerprint density at radius 1 is 0.828 bits per heavy atom. The summed E-state index contributed by atoms with van der Waals surface area (Å²) in [6.07, 6.45) is 2.17. The Balaban J connectivity index is 1.82. The minimum atomic E-state index is 0.126. The van der Waals surface area contributed by atoms with Crippen molar-refractivity contribution < 1.29 is 9.47 Å². The Hall–Kier alpha value is -1.80. The van der Waals surface area contributed by atoms with Crippen molar-refractivity contribution in [3.05, 3.63) is 71.6 Å². The van der Waals surface area contributed by atoms with Gasteiger partial charge in [0.2, 0.25) is 0 Å². The van der Waals surface area contributed by atoms with Gasteiger partial charge < -0.3 is 9.47 Å². The maximum Gasteiger partial charge on any atom is 0.119 e. The first-order chi connectivity index (χ1) is 13.6. The van der Waals surface area contributed by atoms with Crippen LogP contribution in [0.25, 0.3) is 0 Å². The van der Waals surface area contributed by atoms with Crippen molar-refractivity contribution in [1.29, 1.82) is 0 Å². The molecule has 0 aliphatic heterocycles. The second-order valence-electron chi connectivity index (χ2n) is 10.1. The highest BCUT2D eigenvalue weighted by atomic mass is 16.5. The SMILES string of the molecule is C[C](C)C(Cc1ccccc1)OCCOc1ccc(C(C)(C)CC(C)(C)C)cc1. The topological polar surface area (TPSA) is 18.5 Å².